The molecule has 1 heterocycles. The van der Waals surface area contributed by atoms with Crippen LogP contribution in [-0.2, 0) is 16.2 Å². The van der Waals surface area contributed by atoms with Gasteiger partial charge >= 0.3 is 0 Å². The highest BCUT2D eigenvalue weighted by molar-refractivity contribution is 6.16. The minimum Gasteiger partial charge on any atom is -0.503 e. The number of Topliss-reactive ketones (excluding diaryl/α,β-unsaturated/α-hetero) is 1. The van der Waals surface area contributed by atoms with Crippen LogP contribution in [0.3, 0.4) is 0 Å². The van der Waals surface area contributed by atoms with Gasteiger partial charge in [-0.15, -0.1) is 0 Å². The van der Waals surface area contributed by atoms with Gasteiger partial charge in [0.1, 0.15) is 12.4 Å². The van der Waals surface area contributed by atoms with E-state index in [2.05, 4.69) is 0 Å². The van der Waals surface area contributed by atoms with Crippen LogP contribution in [0.1, 0.15) is 31.0 Å². The van der Waals surface area contributed by atoms with Crippen molar-refractivity contribution in [1.29, 1.82) is 0 Å². The third kappa shape index (κ3) is 4.14. The summed E-state index contributed by atoms with van der Waals surface area (Å²) in [6.07, 6.45) is 0. The lowest BCUT2D eigenvalue weighted by molar-refractivity contribution is -0.119. The Kier molecular flexibility index (Phi) is 6.08. The van der Waals surface area contributed by atoms with Crippen LogP contribution in [0.15, 0.2) is 96.3 Å². The number of carbonyl (C=O) groups is 2. The van der Waals surface area contributed by atoms with Crippen LogP contribution in [0, 0.1) is 5.92 Å². The number of anilines is 1. The van der Waals surface area contributed by atoms with Crippen molar-refractivity contribution >= 4 is 17.4 Å². The number of carbonyl (C=O) groups excluding carboxylic acids is 2. The van der Waals surface area contributed by atoms with Crippen molar-refractivity contribution in [3.8, 4) is 5.75 Å². The molecule has 0 fully saturated rings. The second-order valence-corrected chi connectivity index (χ2v) is 8.04. The molecule has 0 saturated carbocycles. The summed E-state index contributed by atoms with van der Waals surface area (Å²) in [5, 5.41) is 10.7. The van der Waals surface area contributed by atoms with Gasteiger partial charge < -0.3 is 9.84 Å². The molecule has 0 aromatic heterocycles. The number of aliphatic hydroxyl groups excluding tert-OH is 1. The lowest BCUT2D eigenvalue weighted by atomic mass is 9.91. The van der Waals surface area contributed by atoms with Gasteiger partial charge in [-0.2, -0.15) is 0 Å². The Bertz CT molecular complexity index is 1150. The topological polar surface area (TPSA) is 66.8 Å². The highest BCUT2D eigenvalue weighted by atomic mass is 16.5. The summed E-state index contributed by atoms with van der Waals surface area (Å²) in [6, 6.07) is 25.5. The summed E-state index contributed by atoms with van der Waals surface area (Å²) < 4.78 is 5.96. The summed E-state index contributed by atoms with van der Waals surface area (Å²) in [6.45, 7) is 3.92. The number of ether oxygens (including phenoxy) is 1. The average Bonchev–Trinajstić information content (AvgIpc) is 3.09. The molecular weight excluding hydrogens is 402 g/mol. The minimum absolute atomic E-state index is 0.120. The summed E-state index contributed by atoms with van der Waals surface area (Å²) in [4.78, 5) is 27.6. The van der Waals surface area contributed by atoms with E-state index in [9.17, 15) is 14.7 Å². The number of ketones is 1. The first-order chi connectivity index (χ1) is 15.5. The predicted molar refractivity (Wildman–Crippen MR) is 123 cm³/mol. The van der Waals surface area contributed by atoms with E-state index >= 15 is 0 Å². The molecule has 4 rings (SSSR count). The van der Waals surface area contributed by atoms with Gasteiger partial charge in [-0.3, -0.25) is 14.5 Å². The Morgan fingerprint density at radius 3 is 2.28 bits per heavy atom. The molecular formula is C27H25NO4. The molecule has 1 N–H and O–H groups in total. The number of para-hydroxylation sites is 1. The highest BCUT2D eigenvalue weighted by Gasteiger charge is 2.44. The van der Waals surface area contributed by atoms with Crippen molar-refractivity contribution in [3.63, 3.8) is 0 Å². The lowest BCUT2D eigenvalue weighted by Crippen LogP contribution is -2.31. The normalized spacial score (nSPS) is 16.0. The van der Waals surface area contributed by atoms with Crippen LogP contribution in [-0.4, -0.2) is 16.8 Å². The fourth-order valence-corrected chi connectivity index (χ4v) is 3.85. The fourth-order valence-electron chi connectivity index (χ4n) is 3.85. The number of benzene rings is 3. The van der Waals surface area contributed by atoms with E-state index in [1.54, 1.807) is 26.0 Å². The molecule has 1 aliphatic rings. The Balaban J connectivity index is 1.73. The molecule has 0 spiro atoms. The minimum atomic E-state index is -0.736. The van der Waals surface area contributed by atoms with E-state index < -0.39 is 17.7 Å². The van der Waals surface area contributed by atoms with E-state index in [1.165, 1.54) is 4.90 Å². The van der Waals surface area contributed by atoms with Crippen LogP contribution in [0.2, 0.25) is 0 Å². The van der Waals surface area contributed by atoms with E-state index in [0.717, 1.165) is 5.56 Å². The molecule has 0 aliphatic carbocycles. The number of hydrogen-bond acceptors (Lipinski definition) is 4. The number of hydrogen-bond donors (Lipinski definition) is 1. The third-order valence-corrected chi connectivity index (χ3v) is 5.45. The molecule has 5 heteroatoms. The Morgan fingerprint density at radius 2 is 1.62 bits per heavy atom. The molecule has 5 nitrogen and oxygen atoms in total. The van der Waals surface area contributed by atoms with Crippen molar-refractivity contribution in [1.82, 2.24) is 0 Å². The van der Waals surface area contributed by atoms with Crippen LogP contribution in [0.25, 0.3) is 0 Å². The molecule has 1 atom stereocenters. The molecule has 32 heavy (non-hydrogen) atoms. The molecule has 0 saturated heterocycles. The maximum Gasteiger partial charge on any atom is 0.294 e. The van der Waals surface area contributed by atoms with Gasteiger partial charge in [0.25, 0.3) is 5.91 Å². The maximum atomic E-state index is 13.1. The first-order valence-electron chi connectivity index (χ1n) is 10.6. The average molecular weight is 428 g/mol. The number of nitrogens with zero attached hydrogens (tertiary/aromatic N) is 1. The Morgan fingerprint density at radius 1 is 0.969 bits per heavy atom. The Labute approximate surface area is 187 Å². The molecule has 0 bridgehead atoms. The van der Waals surface area contributed by atoms with Crippen LogP contribution < -0.4 is 9.64 Å². The van der Waals surface area contributed by atoms with Gasteiger partial charge in [-0.05, 0) is 35.4 Å². The molecule has 1 amide bonds. The fraction of sp³-hybridized carbons (Fsp3) is 0.185. The van der Waals surface area contributed by atoms with Gasteiger partial charge in [-0.1, -0.05) is 74.5 Å². The maximum absolute atomic E-state index is 13.1. The highest BCUT2D eigenvalue weighted by Crippen LogP contribution is 2.42. The monoisotopic (exact) mass is 427 g/mol. The largest absolute Gasteiger partial charge is 0.503 e. The number of aliphatic hydroxyl groups is 1. The van der Waals surface area contributed by atoms with Crippen LogP contribution in [0.5, 0.6) is 5.75 Å². The molecule has 1 aliphatic heterocycles. The van der Waals surface area contributed by atoms with E-state index in [4.69, 9.17) is 4.74 Å². The third-order valence-electron chi connectivity index (χ3n) is 5.45. The first kappa shape index (κ1) is 21.4. The molecule has 1 unspecified atom stereocenters. The summed E-state index contributed by atoms with van der Waals surface area (Å²) in [7, 11) is 0. The quantitative estimate of drug-likeness (QED) is 0.549. The predicted octanol–water partition coefficient (Wildman–Crippen LogP) is 5.39. The van der Waals surface area contributed by atoms with Gasteiger partial charge in [0, 0.05) is 11.6 Å². The summed E-state index contributed by atoms with van der Waals surface area (Å²) in [5.41, 5.74) is 2.46. The lowest BCUT2D eigenvalue weighted by Gasteiger charge is -2.27. The Hall–Kier alpha value is -3.86. The molecule has 162 valence electrons. The van der Waals surface area contributed by atoms with Gasteiger partial charge in [0.2, 0.25) is 0 Å². The standard InChI is InChI=1S/C27H25NO4/c1-18(2)25(29)23-24(28(27(31)26(23)30)21-13-7-4-8-14-21)20-12-9-15-22(16-20)32-17-19-10-5-3-6-11-19/h3-16,18,24,30H,17H2,1-2H3. The van der Waals surface area contributed by atoms with Crippen LogP contribution >= 0.6 is 0 Å². The van der Waals surface area contributed by atoms with Crippen molar-refractivity contribution < 1.29 is 19.4 Å². The second kappa shape index (κ2) is 9.10. The zero-order valence-corrected chi connectivity index (χ0v) is 18.1. The second-order valence-electron chi connectivity index (χ2n) is 8.04. The van der Waals surface area contributed by atoms with Gasteiger partial charge in [0.15, 0.2) is 11.5 Å². The zero-order valence-electron chi connectivity index (χ0n) is 18.1. The van der Waals surface area contributed by atoms with E-state index in [0.29, 0.717) is 23.6 Å². The van der Waals surface area contributed by atoms with E-state index in [-0.39, 0.29) is 17.3 Å². The van der Waals surface area contributed by atoms with E-state index in [1.807, 2.05) is 72.8 Å². The molecule has 3 aromatic rings. The molecule has 0 radical (unpaired) electrons. The smallest absolute Gasteiger partial charge is 0.294 e. The zero-order chi connectivity index (χ0) is 22.7. The van der Waals surface area contributed by atoms with Gasteiger partial charge in [-0.25, -0.2) is 0 Å². The summed E-state index contributed by atoms with van der Waals surface area (Å²) >= 11 is 0. The van der Waals surface area contributed by atoms with Crippen LogP contribution in [0.4, 0.5) is 5.69 Å². The first-order valence-corrected chi connectivity index (χ1v) is 10.6. The molecule has 3 aromatic carbocycles. The van der Waals surface area contributed by atoms with Crippen molar-refractivity contribution in [2.75, 3.05) is 4.90 Å². The van der Waals surface area contributed by atoms with Gasteiger partial charge in [0.05, 0.1) is 11.6 Å². The number of rotatable bonds is 7. The number of amides is 1. The van der Waals surface area contributed by atoms with Crippen molar-refractivity contribution in [3.05, 3.63) is 107 Å². The van der Waals surface area contributed by atoms with Crippen molar-refractivity contribution in [2.45, 2.75) is 26.5 Å². The van der Waals surface area contributed by atoms with Crippen molar-refractivity contribution in [2.24, 2.45) is 5.92 Å². The summed E-state index contributed by atoms with van der Waals surface area (Å²) in [5.74, 6) is -1.07. The SMILES string of the molecule is CC(C)C(=O)C1=C(O)C(=O)N(c2ccccc2)C1c1cccc(OCc2ccccc2)c1.